The Labute approximate surface area is 131 Å². The maximum Gasteiger partial charge on any atom is 0.241 e. The zero-order chi connectivity index (χ0) is 15.4. The highest BCUT2D eigenvalue weighted by Gasteiger charge is 2.32. The first-order valence-corrected chi connectivity index (χ1v) is 7.85. The fourth-order valence-electron chi connectivity index (χ4n) is 2.98. The number of anilines is 1. The van der Waals surface area contributed by atoms with E-state index in [4.69, 9.17) is 11.6 Å². The second-order valence-corrected chi connectivity index (χ2v) is 6.23. The minimum absolute atomic E-state index is 0.0326. The summed E-state index contributed by atoms with van der Waals surface area (Å²) in [6.07, 6.45) is 2.50. The average molecular weight is 311 g/mol. The van der Waals surface area contributed by atoms with Crippen molar-refractivity contribution in [1.82, 2.24) is 4.90 Å². The first-order chi connectivity index (χ1) is 9.97. The van der Waals surface area contributed by atoms with Gasteiger partial charge in [-0.1, -0.05) is 17.7 Å². The number of benzene rings is 1. The molecule has 1 saturated heterocycles. The summed E-state index contributed by atoms with van der Waals surface area (Å²) in [5, 5.41) is 13.1. The van der Waals surface area contributed by atoms with E-state index < -0.39 is 0 Å². The number of carbonyl (C=O) groups is 1. The summed E-state index contributed by atoms with van der Waals surface area (Å²) < 4.78 is 0. The predicted molar refractivity (Wildman–Crippen MR) is 85.6 cm³/mol. The molecule has 3 unspecified atom stereocenters. The van der Waals surface area contributed by atoms with Crippen LogP contribution < -0.4 is 5.32 Å². The molecule has 2 rings (SSSR count). The third-order valence-corrected chi connectivity index (χ3v) is 4.24. The lowest BCUT2D eigenvalue weighted by Gasteiger charge is -2.30. The van der Waals surface area contributed by atoms with E-state index in [1.165, 1.54) is 0 Å². The molecule has 1 aliphatic rings. The second-order valence-electron chi connectivity index (χ2n) is 5.79. The van der Waals surface area contributed by atoms with Gasteiger partial charge in [0.05, 0.1) is 12.1 Å². The van der Waals surface area contributed by atoms with E-state index in [1.807, 2.05) is 19.1 Å². The van der Waals surface area contributed by atoms with Crippen LogP contribution in [0.2, 0.25) is 5.02 Å². The summed E-state index contributed by atoms with van der Waals surface area (Å²) in [7, 11) is 0. The third-order valence-electron chi connectivity index (χ3n) is 4.00. The van der Waals surface area contributed by atoms with Crippen LogP contribution in [0.1, 0.15) is 33.1 Å². The molecule has 1 amide bonds. The van der Waals surface area contributed by atoms with Gasteiger partial charge in [-0.15, -0.1) is 0 Å². The first kappa shape index (κ1) is 16.3. The van der Waals surface area contributed by atoms with Crippen LogP contribution in [-0.4, -0.2) is 40.6 Å². The molecular formula is C16H23ClN2O2. The van der Waals surface area contributed by atoms with E-state index in [1.54, 1.807) is 19.1 Å². The summed E-state index contributed by atoms with van der Waals surface area (Å²) in [6, 6.07) is 7.23. The van der Waals surface area contributed by atoms with Gasteiger partial charge in [-0.3, -0.25) is 9.69 Å². The van der Waals surface area contributed by atoms with Crippen molar-refractivity contribution in [2.24, 2.45) is 0 Å². The standard InChI is InChI=1S/C16H23ClN2O2/c1-11(20)9-15-7-4-8-19(15)12(2)16(21)18-14-6-3-5-13(17)10-14/h3,5-6,10-12,15,20H,4,7-9H2,1-2H3,(H,18,21). The van der Waals surface area contributed by atoms with Crippen molar-refractivity contribution < 1.29 is 9.90 Å². The van der Waals surface area contributed by atoms with Crippen LogP contribution in [0.4, 0.5) is 5.69 Å². The SMILES string of the molecule is CC(O)CC1CCCN1C(C)C(=O)Nc1cccc(Cl)c1. The van der Waals surface area contributed by atoms with Gasteiger partial charge in [0.25, 0.3) is 0 Å². The van der Waals surface area contributed by atoms with Crippen molar-refractivity contribution in [2.75, 3.05) is 11.9 Å². The summed E-state index contributed by atoms with van der Waals surface area (Å²) in [5.74, 6) is -0.0326. The van der Waals surface area contributed by atoms with Crippen LogP contribution in [0.15, 0.2) is 24.3 Å². The molecule has 1 aliphatic heterocycles. The van der Waals surface area contributed by atoms with Crippen molar-refractivity contribution in [3.05, 3.63) is 29.3 Å². The number of amides is 1. The fraction of sp³-hybridized carbons (Fsp3) is 0.562. The molecule has 1 aromatic rings. The summed E-state index contributed by atoms with van der Waals surface area (Å²) in [5.41, 5.74) is 0.714. The van der Waals surface area contributed by atoms with Gasteiger partial charge < -0.3 is 10.4 Å². The summed E-state index contributed by atoms with van der Waals surface area (Å²) >= 11 is 5.93. The van der Waals surface area contributed by atoms with E-state index in [0.29, 0.717) is 10.7 Å². The topological polar surface area (TPSA) is 52.6 Å². The molecule has 4 nitrogen and oxygen atoms in total. The fourth-order valence-corrected chi connectivity index (χ4v) is 3.17. The van der Waals surface area contributed by atoms with Gasteiger partial charge in [-0.2, -0.15) is 0 Å². The Balaban J connectivity index is 1.98. The highest BCUT2D eigenvalue weighted by molar-refractivity contribution is 6.30. The van der Waals surface area contributed by atoms with Crippen molar-refractivity contribution in [1.29, 1.82) is 0 Å². The second kappa shape index (κ2) is 7.25. The van der Waals surface area contributed by atoms with Gasteiger partial charge >= 0.3 is 0 Å². The molecule has 0 bridgehead atoms. The quantitative estimate of drug-likeness (QED) is 0.879. The predicted octanol–water partition coefficient (Wildman–Crippen LogP) is 2.90. The van der Waals surface area contributed by atoms with Gasteiger partial charge in [0, 0.05) is 16.8 Å². The molecule has 1 aromatic carbocycles. The third kappa shape index (κ3) is 4.43. The van der Waals surface area contributed by atoms with Crippen LogP contribution >= 0.6 is 11.6 Å². The number of hydrogen-bond donors (Lipinski definition) is 2. The number of halogens is 1. The lowest BCUT2D eigenvalue weighted by atomic mass is 10.1. The zero-order valence-electron chi connectivity index (χ0n) is 12.6. The Bertz CT molecular complexity index is 493. The van der Waals surface area contributed by atoms with E-state index >= 15 is 0 Å². The number of likely N-dealkylation sites (tertiary alicyclic amines) is 1. The number of carbonyl (C=O) groups excluding carboxylic acids is 1. The summed E-state index contributed by atoms with van der Waals surface area (Å²) in [6.45, 7) is 4.62. The van der Waals surface area contributed by atoms with E-state index in [2.05, 4.69) is 10.2 Å². The number of nitrogens with one attached hydrogen (secondary N) is 1. The van der Waals surface area contributed by atoms with Gasteiger partial charge in [0.1, 0.15) is 0 Å². The lowest BCUT2D eigenvalue weighted by Crippen LogP contribution is -2.45. The normalized spacial score (nSPS) is 22.0. The minimum atomic E-state index is -0.334. The van der Waals surface area contributed by atoms with Crippen molar-refractivity contribution in [2.45, 2.75) is 51.3 Å². The van der Waals surface area contributed by atoms with Gasteiger partial charge in [0.2, 0.25) is 5.91 Å². The average Bonchev–Trinajstić information content (AvgIpc) is 2.85. The maximum atomic E-state index is 12.4. The van der Waals surface area contributed by atoms with Gasteiger partial charge in [0.15, 0.2) is 0 Å². The van der Waals surface area contributed by atoms with Crippen LogP contribution in [0.5, 0.6) is 0 Å². The van der Waals surface area contributed by atoms with Crippen LogP contribution in [0.3, 0.4) is 0 Å². The highest BCUT2D eigenvalue weighted by Crippen LogP contribution is 2.24. The number of aliphatic hydroxyl groups excluding tert-OH is 1. The molecule has 116 valence electrons. The molecule has 0 saturated carbocycles. The van der Waals surface area contributed by atoms with Crippen LogP contribution in [-0.2, 0) is 4.79 Å². The molecule has 21 heavy (non-hydrogen) atoms. The number of hydrogen-bond acceptors (Lipinski definition) is 3. The van der Waals surface area contributed by atoms with Gasteiger partial charge in [-0.25, -0.2) is 0 Å². The zero-order valence-corrected chi connectivity index (χ0v) is 13.3. The Kier molecular flexibility index (Phi) is 5.62. The van der Waals surface area contributed by atoms with E-state index in [9.17, 15) is 9.90 Å². The minimum Gasteiger partial charge on any atom is -0.393 e. The number of aliphatic hydroxyl groups is 1. The molecule has 0 aliphatic carbocycles. The Morgan fingerprint density at radius 3 is 2.95 bits per heavy atom. The lowest BCUT2D eigenvalue weighted by molar-refractivity contribution is -0.121. The number of rotatable bonds is 5. The van der Waals surface area contributed by atoms with Gasteiger partial charge in [-0.05, 0) is 57.9 Å². The van der Waals surface area contributed by atoms with E-state index in [-0.39, 0.29) is 24.1 Å². The molecule has 2 N–H and O–H groups in total. The molecule has 0 radical (unpaired) electrons. The smallest absolute Gasteiger partial charge is 0.241 e. The Morgan fingerprint density at radius 1 is 1.52 bits per heavy atom. The van der Waals surface area contributed by atoms with Crippen molar-refractivity contribution in [3.8, 4) is 0 Å². The summed E-state index contributed by atoms with van der Waals surface area (Å²) in [4.78, 5) is 14.6. The van der Waals surface area contributed by atoms with Crippen LogP contribution in [0, 0.1) is 0 Å². The molecule has 3 atom stereocenters. The van der Waals surface area contributed by atoms with E-state index in [0.717, 1.165) is 25.8 Å². The monoisotopic (exact) mass is 310 g/mol. The van der Waals surface area contributed by atoms with Crippen molar-refractivity contribution in [3.63, 3.8) is 0 Å². The molecule has 1 heterocycles. The molecule has 0 aromatic heterocycles. The molecule has 5 heteroatoms. The van der Waals surface area contributed by atoms with Crippen LogP contribution in [0.25, 0.3) is 0 Å². The molecular weight excluding hydrogens is 288 g/mol. The Hall–Kier alpha value is -1.10. The molecule has 1 fully saturated rings. The van der Waals surface area contributed by atoms with Crippen molar-refractivity contribution >= 4 is 23.2 Å². The molecule has 0 spiro atoms. The maximum absolute atomic E-state index is 12.4. The highest BCUT2D eigenvalue weighted by atomic mass is 35.5. The Morgan fingerprint density at radius 2 is 2.29 bits per heavy atom. The number of nitrogens with zero attached hydrogens (tertiary/aromatic N) is 1. The first-order valence-electron chi connectivity index (χ1n) is 7.47. The largest absolute Gasteiger partial charge is 0.393 e.